The Bertz CT molecular complexity index is 1110. The number of benzene rings is 3. The molecule has 9 heteroatoms. The van der Waals surface area contributed by atoms with Crippen molar-refractivity contribution < 1.29 is 18.9 Å². The Kier molecular flexibility index (Phi) is 6.23. The van der Waals surface area contributed by atoms with Crippen LogP contribution >= 0.6 is 0 Å². The van der Waals surface area contributed by atoms with Gasteiger partial charge in [-0.25, -0.2) is 9.82 Å². The molecular formula is C21H15FN4O4. The fourth-order valence-electron chi connectivity index (χ4n) is 2.49. The monoisotopic (exact) mass is 406 g/mol. The largest absolute Gasteiger partial charge is 0.321 e. The Labute approximate surface area is 170 Å². The molecule has 0 aliphatic rings. The van der Waals surface area contributed by atoms with Crippen LogP contribution < -0.4 is 10.7 Å². The second-order valence-corrected chi connectivity index (χ2v) is 6.05. The predicted molar refractivity (Wildman–Crippen MR) is 109 cm³/mol. The van der Waals surface area contributed by atoms with Crippen LogP contribution in [0.1, 0.15) is 26.3 Å². The highest BCUT2D eigenvalue weighted by molar-refractivity contribution is 6.09. The number of hydrogen-bond donors (Lipinski definition) is 2. The van der Waals surface area contributed by atoms with E-state index in [2.05, 4.69) is 15.8 Å². The van der Waals surface area contributed by atoms with E-state index >= 15 is 0 Å². The minimum absolute atomic E-state index is 0.134. The number of non-ortho nitro benzene ring substituents is 1. The fraction of sp³-hybridized carbons (Fsp3) is 0. The van der Waals surface area contributed by atoms with Crippen molar-refractivity contribution in [2.75, 3.05) is 5.32 Å². The van der Waals surface area contributed by atoms with Gasteiger partial charge < -0.3 is 5.32 Å². The van der Waals surface area contributed by atoms with E-state index in [-0.39, 0.29) is 28.3 Å². The molecule has 2 N–H and O–H groups in total. The van der Waals surface area contributed by atoms with Gasteiger partial charge in [0.25, 0.3) is 17.5 Å². The summed E-state index contributed by atoms with van der Waals surface area (Å²) >= 11 is 0. The number of halogens is 1. The molecule has 3 aromatic rings. The topological polar surface area (TPSA) is 114 Å². The molecule has 0 fully saturated rings. The van der Waals surface area contributed by atoms with E-state index < -0.39 is 16.7 Å². The summed E-state index contributed by atoms with van der Waals surface area (Å²) in [6.45, 7) is 0. The molecule has 150 valence electrons. The molecule has 0 aromatic heterocycles. The summed E-state index contributed by atoms with van der Waals surface area (Å²) in [5.74, 6) is -1.47. The van der Waals surface area contributed by atoms with E-state index in [0.717, 1.165) is 0 Å². The van der Waals surface area contributed by atoms with Gasteiger partial charge in [0, 0.05) is 17.7 Å². The molecule has 0 heterocycles. The average molecular weight is 406 g/mol. The lowest BCUT2D eigenvalue weighted by atomic mass is 10.1. The van der Waals surface area contributed by atoms with Crippen LogP contribution in [-0.2, 0) is 0 Å². The lowest BCUT2D eigenvalue weighted by Crippen LogP contribution is -2.21. The van der Waals surface area contributed by atoms with Crippen molar-refractivity contribution >= 4 is 29.4 Å². The number of nitro groups is 1. The number of hydrazone groups is 1. The number of nitrogens with zero attached hydrogens (tertiary/aromatic N) is 2. The van der Waals surface area contributed by atoms with Gasteiger partial charge in [0.05, 0.1) is 22.4 Å². The highest BCUT2D eigenvalue weighted by atomic mass is 19.1. The summed E-state index contributed by atoms with van der Waals surface area (Å²) in [4.78, 5) is 35.0. The van der Waals surface area contributed by atoms with Crippen LogP contribution in [0, 0.1) is 15.9 Å². The third-order valence-corrected chi connectivity index (χ3v) is 4.01. The second-order valence-electron chi connectivity index (χ2n) is 6.05. The normalized spacial score (nSPS) is 10.6. The molecule has 3 rings (SSSR count). The number of carbonyl (C=O) groups is 2. The molecule has 0 bridgehead atoms. The molecule has 3 aromatic carbocycles. The molecule has 0 aliphatic carbocycles. The molecule has 0 spiro atoms. The first-order chi connectivity index (χ1) is 14.4. The van der Waals surface area contributed by atoms with Gasteiger partial charge in [-0.15, -0.1) is 0 Å². The van der Waals surface area contributed by atoms with E-state index in [1.165, 1.54) is 60.8 Å². The maximum atomic E-state index is 12.9. The second kappa shape index (κ2) is 9.20. The highest BCUT2D eigenvalue weighted by Crippen LogP contribution is 2.18. The summed E-state index contributed by atoms with van der Waals surface area (Å²) < 4.78 is 12.9. The zero-order valence-corrected chi connectivity index (χ0v) is 15.4. The molecule has 0 unspecified atom stereocenters. The molecule has 0 saturated carbocycles. The average Bonchev–Trinajstić information content (AvgIpc) is 2.75. The van der Waals surface area contributed by atoms with Gasteiger partial charge in [-0.2, -0.15) is 5.10 Å². The van der Waals surface area contributed by atoms with Gasteiger partial charge in [0.1, 0.15) is 5.82 Å². The quantitative estimate of drug-likeness (QED) is 0.369. The maximum Gasteiger partial charge on any atom is 0.273 e. The fourth-order valence-corrected chi connectivity index (χ4v) is 2.49. The Hall–Kier alpha value is -4.40. The van der Waals surface area contributed by atoms with Crippen molar-refractivity contribution in [1.29, 1.82) is 0 Å². The van der Waals surface area contributed by atoms with Gasteiger partial charge in [-0.05, 0) is 42.0 Å². The molecule has 0 atom stereocenters. The zero-order valence-electron chi connectivity index (χ0n) is 15.4. The van der Waals surface area contributed by atoms with Crippen molar-refractivity contribution in [1.82, 2.24) is 5.43 Å². The first kappa shape index (κ1) is 20.3. The Morgan fingerprint density at radius 3 is 2.27 bits per heavy atom. The van der Waals surface area contributed by atoms with Crippen molar-refractivity contribution in [3.8, 4) is 0 Å². The van der Waals surface area contributed by atoms with Gasteiger partial charge in [-0.3, -0.25) is 19.7 Å². The van der Waals surface area contributed by atoms with Gasteiger partial charge in [0.15, 0.2) is 0 Å². The van der Waals surface area contributed by atoms with Gasteiger partial charge >= 0.3 is 0 Å². The number of amides is 2. The van der Waals surface area contributed by atoms with E-state index in [0.29, 0.717) is 5.56 Å². The first-order valence-corrected chi connectivity index (χ1v) is 8.68. The summed E-state index contributed by atoms with van der Waals surface area (Å²) in [7, 11) is 0. The third kappa shape index (κ3) is 5.10. The van der Waals surface area contributed by atoms with Crippen molar-refractivity contribution in [3.63, 3.8) is 0 Å². The first-order valence-electron chi connectivity index (χ1n) is 8.68. The standard InChI is InChI=1S/C21H15FN4O4/c22-16-9-5-14(6-10-16)13-23-25-21(28)18-3-1-2-4-19(18)24-20(27)15-7-11-17(12-8-15)26(29)30/h1-13H,(H,24,27)(H,25,28)/b23-13-. The number of hydrogen-bond acceptors (Lipinski definition) is 5. The van der Waals surface area contributed by atoms with Gasteiger partial charge in [0.2, 0.25) is 0 Å². The number of anilines is 1. The van der Waals surface area contributed by atoms with Crippen LogP contribution in [0.3, 0.4) is 0 Å². The summed E-state index contributed by atoms with van der Waals surface area (Å²) in [5.41, 5.74) is 3.42. The number of nitrogens with one attached hydrogen (secondary N) is 2. The van der Waals surface area contributed by atoms with Crippen LogP contribution in [0.5, 0.6) is 0 Å². The molecule has 2 amide bonds. The Morgan fingerprint density at radius 1 is 0.933 bits per heavy atom. The molecule has 0 saturated heterocycles. The van der Waals surface area contributed by atoms with E-state index in [1.807, 2.05) is 0 Å². The molecule has 8 nitrogen and oxygen atoms in total. The summed E-state index contributed by atoms with van der Waals surface area (Å²) in [6.07, 6.45) is 1.36. The molecule has 0 aliphatic heterocycles. The maximum absolute atomic E-state index is 12.9. The SMILES string of the molecule is O=C(Nc1ccccc1C(=O)N/N=C\c1ccc(F)cc1)c1ccc([N+](=O)[O-])cc1. The lowest BCUT2D eigenvalue weighted by Gasteiger charge is -2.10. The van der Waals surface area contributed by atoms with E-state index in [4.69, 9.17) is 0 Å². The Morgan fingerprint density at radius 2 is 1.60 bits per heavy atom. The van der Waals surface area contributed by atoms with Crippen LogP contribution in [0.2, 0.25) is 0 Å². The number of para-hydroxylation sites is 1. The lowest BCUT2D eigenvalue weighted by molar-refractivity contribution is -0.384. The zero-order chi connectivity index (χ0) is 21.5. The van der Waals surface area contributed by atoms with Crippen molar-refractivity contribution in [2.24, 2.45) is 5.10 Å². The van der Waals surface area contributed by atoms with E-state index in [1.54, 1.807) is 18.2 Å². The third-order valence-electron chi connectivity index (χ3n) is 4.01. The summed E-state index contributed by atoms with van der Waals surface area (Å²) in [6, 6.07) is 17.0. The Balaban J connectivity index is 1.70. The number of rotatable bonds is 6. The highest BCUT2D eigenvalue weighted by Gasteiger charge is 2.14. The minimum Gasteiger partial charge on any atom is -0.321 e. The molecular weight excluding hydrogens is 391 g/mol. The molecule has 0 radical (unpaired) electrons. The van der Waals surface area contributed by atoms with E-state index in [9.17, 15) is 24.1 Å². The summed E-state index contributed by atoms with van der Waals surface area (Å²) in [5, 5.41) is 17.2. The van der Waals surface area contributed by atoms with Crippen molar-refractivity contribution in [2.45, 2.75) is 0 Å². The molecule has 30 heavy (non-hydrogen) atoms. The van der Waals surface area contributed by atoms with Crippen LogP contribution in [0.25, 0.3) is 0 Å². The van der Waals surface area contributed by atoms with Crippen molar-refractivity contribution in [3.05, 3.63) is 105 Å². The van der Waals surface area contributed by atoms with Crippen LogP contribution in [0.4, 0.5) is 15.8 Å². The smallest absolute Gasteiger partial charge is 0.273 e. The van der Waals surface area contributed by atoms with Crippen LogP contribution in [0.15, 0.2) is 77.9 Å². The minimum atomic E-state index is -0.562. The van der Waals surface area contributed by atoms with Crippen LogP contribution in [-0.4, -0.2) is 23.0 Å². The van der Waals surface area contributed by atoms with Gasteiger partial charge in [-0.1, -0.05) is 24.3 Å². The predicted octanol–water partition coefficient (Wildman–Crippen LogP) is 3.75. The number of carbonyl (C=O) groups excluding carboxylic acids is 2. The number of nitro benzene ring substituents is 1.